The second kappa shape index (κ2) is 8.65. The Morgan fingerprint density at radius 3 is 2.18 bits per heavy atom. The topological polar surface area (TPSA) is 175 Å². The molecule has 2 aromatic rings. The van der Waals surface area contributed by atoms with Gasteiger partial charge in [-0.25, -0.2) is 0 Å². The van der Waals surface area contributed by atoms with Crippen LogP contribution in [0.3, 0.4) is 0 Å². The Morgan fingerprint density at radius 1 is 0.974 bits per heavy atom. The number of likely N-dealkylation sites (N-methyl/N-ethyl adjacent to an activating group) is 1. The van der Waals surface area contributed by atoms with Crippen LogP contribution in [0.2, 0.25) is 0 Å². The van der Waals surface area contributed by atoms with E-state index in [4.69, 9.17) is 5.73 Å². The van der Waals surface area contributed by atoms with Crippen LogP contribution in [0.1, 0.15) is 33.0 Å². The van der Waals surface area contributed by atoms with Gasteiger partial charge in [-0.2, -0.15) is 0 Å². The lowest BCUT2D eigenvalue weighted by molar-refractivity contribution is -0.196. The molecule has 0 aliphatic heterocycles. The number of amides is 1. The number of aryl methyl sites for hydroxylation is 1. The van der Waals surface area contributed by atoms with E-state index >= 15 is 0 Å². The van der Waals surface area contributed by atoms with Gasteiger partial charge in [-0.1, -0.05) is 42.0 Å². The van der Waals surface area contributed by atoms with E-state index in [2.05, 4.69) is 0 Å². The predicted molar refractivity (Wildman–Crippen MR) is 132 cm³/mol. The summed E-state index contributed by atoms with van der Waals surface area (Å²) >= 11 is 0. The van der Waals surface area contributed by atoms with Crippen molar-refractivity contribution in [2.24, 2.45) is 29.4 Å². The molecule has 10 nitrogen and oxygen atoms in total. The first kappa shape index (κ1) is 25.9. The summed E-state index contributed by atoms with van der Waals surface area (Å²) in [4.78, 5) is 68.2. The number of carbonyl (C=O) groups excluding carboxylic acids is 5. The van der Waals surface area contributed by atoms with Crippen molar-refractivity contribution in [2.45, 2.75) is 30.6 Å². The van der Waals surface area contributed by atoms with Gasteiger partial charge in [-0.05, 0) is 38.2 Å². The number of aliphatic hydroxyl groups excluding tert-OH is 1. The third kappa shape index (κ3) is 3.27. The number of phenols is 1. The molecule has 1 amide bonds. The molecule has 0 radical (unpaired) electrons. The van der Waals surface area contributed by atoms with E-state index in [1.165, 1.54) is 25.1 Å². The third-order valence-electron chi connectivity index (χ3n) is 8.44. The van der Waals surface area contributed by atoms with Crippen molar-refractivity contribution in [3.8, 4) is 5.75 Å². The predicted octanol–water partition coefficient (Wildman–Crippen LogP) is -0.264. The summed E-state index contributed by atoms with van der Waals surface area (Å²) in [5.41, 5.74) is 4.12. The Hall–Kier alpha value is -3.73. The standard InChI is InChI=1S/C28H28N2O8/c1-11-7-9-12(10-8-11)15-13-5-4-6-14(31)16(13)22(32)18-17(15)23(33)20-21(30(2)3)24(34)19(27(29)37)26(36)28(20,38)25(18)35/h4-10,15,17-21,23,31,33,38H,1-3H3,(H2,29,37)/t15-,17+,18?,19?,20+,21-,23-,28-/m0/s1. The summed E-state index contributed by atoms with van der Waals surface area (Å²) in [5.74, 6) is -13.7. The van der Waals surface area contributed by atoms with Gasteiger partial charge in [0.25, 0.3) is 0 Å². The maximum Gasteiger partial charge on any atom is 0.235 e. The number of phenolic OH excluding ortho intramolecular Hbond substituents is 1. The number of primary amides is 1. The average molecular weight is 521 g/mol. The molecular weight excluding hydrogens is 492 g/mol. The first-order valence-electron chi connectivity index (χ1n) is 12.2. The zero-order chi connectivity index (χ0) is 27.8. The second-order valence-corrected chi connectivity index (χ2v) is 10.7. The fraction of sp³-hybridized carbons (Fsp3) is 0.393. The lowest BCUT2D eigenvalue weighted by Gasteiger charge is -2.56. The van der Waals surface area contributed by atoms with Crippen molar-refractivity contribution < 1.29 is 39.3 Å². The molecule has 2 aromatic carbocycles. The number of fused-ring (bicyclic) bond motifs is 3. The highest BCUT2D eigenvalue weighted by atomic mass is 16.3. The van der Waals surface area contributed by atoms with Gasteiger partial charge < -0.3 is 21.1 Å². The number of ketones is 4. The molecule has 8 atom stereocenters. The molecule has 5 rings (SSSR count). The van der Waals surface area contributed by atoms with Crippen LogP contribution in [0.25, 0.3) is 0 Å². The molecule has 0 heterocycles. The molecular formula is C28H28N2O8. The number of nitrogens with two attached hydrogens (primary N) is 1. The normalized spacial score (nSPS) is 34.5. The van der Waals surface area contributed by atoms with Crippen LogP contribution in [0.4, 0.5) is 0 Å². The fourth-order valence-corrected chi connectivity index (χ4v) is 6.81. The monoisotopic (exact) mass is 520 g/mol. The molecule has 0 aromatic heterocycles. The highest BCUT2D eigenvalue weighted by molar-refractivity contribution is 6.32. The SMILES string of the molecule is Cc1ccc([C@H]2c3cccc(O)c3C(=O)C3C(=O)[C@]4(O)C(=O)C(C(N)=O)C(=O)[C@@H](N(C)C)[C@@H]4[C@@H](O)[C@@H]32)cc1. The van der Waals surface area contributed by atoms with Gasteiger partial charge in [0.1, 0.15) is 5.75 Å². The lowest BCUT2D eigenvalue weighted by atomic mass is 9.48. The number of Topliss-reactive ketones (excluding diaryl/α,β-unsaturated/α-hetero) is 4. The van der Waals surface area contributed by atoms with Crippen molar-refractivity contribution >= 4 is 29.0 Å². The number of hydrogen-bond acceptors (Lipinski definition) is 9. The number of aliphatic hydroxyl groups is 2. The van der Waals surface area contributed by atoms with E-state index in [1.807, 2.05) is 19.1 Å². The van der Waals surface area contributed by atoms with E-state index in [1.54, 1.807) is 24.3 Å². The first-order valence-corrected chi connectivity index (χ1v) is 12.2. The van der Waals surface area contributed by atoms with Gasteiger partial charge in [-0.3, -0.25) is 28.9 Å². The van der Waals surface area contributed by atoms with Crippen LogP contribution >= 0.6 is 0 Å². The Bertz CT molecular complexity index is 1400. The van der Waals surface area contributed by atoms with Crippen LogP contribution in [-0.2, 0) is 19.2 Å². The molecule has 0 saturated heterocycles. The van der Waals surface area contributed by atoms with Gasteiger partial charge in [0.2, 0.25) is 5.91 Å². The summed E-state index contributed by atoms with van der Waals surface area (Å²) in [7, 11) is 2.91. The molecule has 38 heavy (non-hydrogen) atoms. The molecule has 2 fully saturated rings. The first-order chi connectivity index (χ1) is 17.8. The largest absolute Gasteiger partial charge is 0.507 e. The second-order valence-electron chi connectivity index (χ2n) is 10.7. The van der Waals surface area contributed by atoms with Crippen molar-refractivity contribution in [3.05, 3.63) is 64.7 Å². The van der Waals surface area contributed by atoms with Gasteiger partial charge in [0.15, 0.2) is 34.7 Å². The van der Waals surface area contributed by atoms with E-state index in [-0.39, 0.29) is 11.3 Å². The molecule has 5 N–H and O–H groups in total. The van der Waals surface area contributed by atoms with Gasteiger partial charge in [-0.15, -0.1) is 0 Å². The Labute approximate surface area is 218 Å². The molecule has 0 bridgehead atoms. The molecule has 3 aliphatic rings. The minimum absolute atomic E-state index is 0.142. The van der Waals surface area contributed by atoms with Crippen LogP contribution in [0, 0.1) is 30.6 Å². The van der Waals surface area contributed by atoms with E-state index < -0.39 is 76.4 Å². The summed E-state index contributed by atoms with van der Waals surface area (Å²) in [6.07, 6.45) is -1.71. The van der Waals surface area contributed by atoms with Gasteiger partial charge in [0.05, 0.1) is 29.5 Å². The van der Waals surface area contributed by atoms with Crippen molar-refractivity contribution in [1.29, 1.82) is 0 Å². The summed E-state index contributed by atoms with van der Waals surface area (Å²) in [6, 6.07) is 10.2. The molecule has 10 heteroatoms. The van der Waals surface area contributed by atoms with Crippen molar-refractivity contribution in [3.63, 3.8) is 0 Å². The molecule has 2 unspecified atom stereocenters. The van der Waals surface area contributed by atoms with Crippen LogP contribution < -0.4 is 5.73 Å². The van der Waals surface area contributed by atoms with Crippen LogP contribution in [0.15, 0.2) is 42.5 Å². The molecule has 0 spiro atoms. The minimum Gasteiger partial charge on any atom is -0.507 e. The van der Waals surface area contributed by atoms with Crippen molar-refractivity contribution in [1.82, 2.24) is 4.90 Å². The zero-order valence-corrected chi connectivity index (χ0v) is 21.0. The quantitative estimate of drug-likeness (QED) is 0.397. The van der Waals surface area contributed by atoms with Gasteiger partial charge in [0, 0.05) is 11.8 Å². The molecule has 198 valence electrons. The Morgan fingerprint density at radius 2 is 1.61 bits per heavy atom. The molecule has 3 aliphatic carbocycles. The fourth-order valence-electron chi connectivity index (χ4n) is 6.81. The maximum atomic E-state index is 14.1. The number of hydrogen-bond donors (Lipinski definition) is 4. The molecule has 2 saturated carbocycles. The zero-order valence-electron chi connectivity index (χ0n) is 21.0. The average Bonchev–Trinajstić information content (AvgIpc) is 2.84. The highest BCUT2D eigenvalue weighted by Gasteiger charge is 2.73. The van der Waals surface area contributed by atoms with E-state index in [0.717, 1.165) is 5.56 Å². The Kier molecular flexibility index (Phi) is 5.90. The van der Waals surface area contributed by atoms with E-state index in [9.17, 15) is 39.3 Å². The maximum absolute atomic E-state index is 14.1. The number of benzene rings is 2. The number of nitrogens with zero attached hydrogens (tertiary/aromatic N) is 1. The van der Waals surface area contributed by atoms with E-state index in [0.29, 0.717) is 11.1 Å². The summed E-state index contributed by atoms with van der Waals surface area (Å²) < 4.78 is 0. The van der Waals surface area contributed by atoms with Crippen LogP contribution in [-0.4, -0.2) is 81.1 Å². The number of carbonyl (C=O) groups is 5. The lowest BCUT2D eigenvalue weighted by Crippen LogP contribution is -2.77. The van der Waals surface area contributed by atoms with Crippen LogP contribution in [0.5, 0.6) is 5.75 Å². The summed E-state index contributed by atoms with van der Waals surface area (Å²) in [6.45, 7) is 1.88. The van der Waals surface area contributed by atoms with Gasteiger partial charge >= 0.3 is 0 Å². The summed E-state index contributed by atoms with van der Waals surface area (Å²) in [5, 5.41) is 34.3. The highest BCUT2D eigenvalue weighted by Crippen LogP contribution is 2.56. The third-order valence-corrected chi connectivity index (χ3v) is 8.44. The van der Waals surface area contributed by atoms with Crippen molar-refractivity contribution in [2.75, 3.05) is 14.1 Å². The Balaban J connectivity index is 1.79. The smallest absolute Gasteiger partial charge is 0.235 e. The number of rotatable bonds is 3. The number of aromatic hydroxyl groups is 1. The minimum atomic E-state index is -3.03.